The maximum atomic E-state index is 11.9. The number of nitrogens with one attached hydrogen (secondary N) is 1. The summed E-state index contributed by atoms with van der Waals surface area (Å²) in [5, 5.41) is 3.07. The Morgan fingerprint density at radius 1 is 1.32 bits per heavy atom. The molecule has 1 aromatic heterocycles. The number of aryl methyl sites for hydroxylation is 2. The van der Waals surface area contributed by atoms with Crippen molar-refractivity contribution in [3.8, 4) is 0 Å². The lowest BCUT2D eigenvalue weighted by Crippen LogP contribution is -2.21. The first kappa shape index (κ1) is 16.6. The molecule has 2 aromatic rings. The number of rotatable bonds is 4. The van der Waals surface area contributed by atoms with Crippen molar-refractivity contribution in [1.29, 1.82) is 0 Å². The molecule has 0 saturated carbocycles. The molecular weight excluding hydrogens is 374 g/mol. The zero-order valence-electron chi connectivity index (χ0n) is 11.9. The molecule has 1 N–H and O–H groups in total. The molecule has 2 rings (SSSR count). The number of anilines is 1. The number of carbonyl (C=O) groups excluding carboxylic acids is 2. The van der Waals surface area contributed by atoms with Crippen molar-refractivity contribution in [2.75, 3.05) is 11.9 Å². The van der Waals surface area contributed by atoms with Gasteiger partial charge < -0.3 is 14.5 Å². The van der Waals surface area contributed by atoms with Crippen molar-refractivity contribution in [2.45, 2.75) is 13.8 Å². The molecule has 5 nitrogen and oxygen atoms in total. The molecule has 0 radical (unpaired) electrons. The van der Waals surface area contributed by atoms with Crippen LogP contribution in [-0.2, 0) is 9.53 Å². The van der Waals surface area contributed by atoms with Crippen molar-refractivity contribution >= 4 is 45.1 Å². The third-order valence-corrected chi connectivity index (χ3v) is 3.53. The summed E-state index contributed by atoms with van der Waals surface area (Å²) in [5.74, 6) is -1.18. The Kier molecular flexibility index (Phi) is 5.26. The van der Waals surface area contributed by atoms with Crippen LogP contribution in [-0.4, -0.2) is 18.5 Å². The Hall–Kier alpha value is -1.79. The monoisotopic (exact) mass is 385 g/mol. The minimum atomic E-state index is -0.715. The number of benzene rings is 1. The van der Waals surface area contributed by atoms with Gasteiger partial charge in [0.2, 0.25) is 5.76 Å². The molecule has 0 saturated heterocycles. The van der Waals surface area contributed by atoms with Crippen molar-refractivity contribution in [2.24, 2.45) is 0 Å². The Balaban J connectivity index is 1.95. The number of hydrogen-bond acceptors (Lipinski definition) is 4. The van der Waals surface area contributed by atoms with Crippen LogP contribution < -0.4 is 5.32 Å². The maximum Gasteiger partial charge on any atom is 0.374 e. The van der Waals surface area contributed by atoms with Gasteiger partial charge in [0, 0.05) is 0 Å². The molecule has 0 bridgehead atoms. The summed E-state index contributed by atoms with van der Waals surface area (Å²) in [6.45, 7) is 3.31. The van der Waals surface area contributed by atoms with Crippen LogP contribution in [0.15, 0.2) is 33.4 Å². The molecule has 0 aliphatic heterocycles. The fourth-order valence-corrected chi connectivity index (χ4v) is 2.55. The summed E-state index contributed by atoms with van der Waals surface area (Å²) in [5.41, 5.74) is 2.34. The fraction of sp³-hybridized carbons (Fsp3) is 0.200. The van der Waals surface area contributed by atoms with Crippen molar-refractivity contribution < 1.29 is 18.7 Å². The van der Waals surface area contributed by atoms with E-state index in [9.17, 15) is 9.59 Å². The number of furan rings is 1. The molecule has 7 heteroatoms. The van der Waals surface area contributed by atoms with E-state index in [-0.39, 0.29) is 5.76 Å². The molecule has 116 valence electrons. The molecule has 1 heterocycles. The van der Waals surface area contributed by atoms with Gasteiger partial charge in [0.05, 0.1) is 10.7 Å². The van der Waals surface area contributed by atoms with Crippen LogP contribution in [0.2, 0.25) is 5.02 Å². The number of carbonyl (C=O) groups is 2. The lowest BCUT2D eigenvalue weighted by molar-refractivity contribution is -0.119. The number of amides is 1. The molecule has 0 atom stereocenters. The average molecular weight is 387 g/mol. The highest BCUT2D eigenvalue weighted by Gasteiger charge is 2.15. The normalized spacial score (nSPS) is 10.4. The minimum absolute atomic E-state index is 0.0178. The maximum absolute atomic E-state index is 11.9. The standard InChI is InChI=1S/C15H13BrClNO4/c1-8-5-9(2)14(10(17)6-8)18-13(19)7-21-15(20)11-3-4-12(16)22-11/h3-6H,7H2,1-2H3,(H,18,19). The largest absolute Gasteiger partial charge is 0.450 e. The van der Waals surface area contributed by atoms with Crippen LogP contribution in [0.25, 0.3) is 0 Å². The second kappa shape index (κ2) is 6.98. The van der Waals surface area contributed by atoms with Crippen LogP contribution in [0.4, 0.5) is 5.69 Å². The Labute approximate surface area is 140 Å². The molecule has 1 amide bonds. The summed E-state index contributed by atoms with van der Waals surface area (Å²) >= 11 is 9.18. The van der Waals surface area contributed by atoms with Gasteiger partial charge in [-0.3, -0.25) is 4.79 Å². The first-order valence-electron chi connectivity index (χ1n) is 6.36. The third-order valence-electron chi connectivity index (χ3n) is 2.80. The molecular formula is C15H13BrClNO4. The summed E-state index contributed by atoms with van der Waals surface area (Å²) < 4.78 is 10.3. The highest BCUT2D eigenvalue weighted by molar-refractivity contribution is 9.10. The number of esters is 1. The van der Waals surface area contributed by atoms with Crippen LogP contribution in [0.5, 0.6) is 0 Å². The van der Waals surface area contributed by atoms with Gasteiger partial charge in [-0.25, -0.2) is 4.79 Å². The van der Waals surface area contributed by atoms with E-state index in [4.69, 9.17) is 20.8 Å². The molecule has 0 unspecified atom stereocenters. The van der Waals surface area contributed by atoms with E-state index in [0.717, 1.165) is 11.1 Å². The summed E-state index contributed by atoms with van der Waals surface area (Å²) in [6, 6.07) is 6.65. The Bertz CT molecular complexity index is 703. The zero-order valence-corrected chi connectivity index (χ0v) is 14.2. The summed E-state index contributed by atoms with van der Waals surface area (Å²) in [6.07, 6.45) is 0. The molecule has 0 fully saturated rings. The average Bonchev–Trinajstić information content (AvgIpc) is 2.87. The SMILES string of the molecule is Cc1cc(C)c(NC(=O)COC(=O)c2ccc(Br)o2)c(Cl)c1. The van der Waals surface area contributed by atoms with Crippen molar-refractivity contribution in [3.05, 3.63) is 50.8 Å². The van der Waals surface area contributed by atoms with Gasteiger partial charge in [-0.05, 0) is 59.1 Å². The van der Waals surface area contributed by atoms with Gasteiger partial charge in [0.15, 0.2) is 11.3 Å². The number of hydrogen-bond donors (Lipinski definition) is 1. The van der Waals surface area contributed by atoms with E-state index in [1.807, 2.05) is 19.9 Å². The first-order chi connectivity index (χ1) is 10.4. The molecule has 22 heavy (non-hydrogen) atoms. The Morgan fingerprint density at radius 2 is 2.05 bits per heavy atom. The Morgan fingerprint density at radius 3 is 2.64 bits per heavy atom. The summed E-state index contributed by atoms with van der Waals surface area (Å²) in [4.78, 5) is 23.5. The van der Waals surface area contributed by atoms with Crippen LogP contribution in [0.1, 0.15) is 21.7 Å². The summed E-state index contributed by atoms with van der Waals surface area (Å²) in [7, 11) is 0. The van der Waals surface area contributed by atoms with Gasteiger partial charge in [-0.1, -0.05) is 17.7 Å². The van der Waals surface area contributed by atoms with Crippen LogP contribution >= 0.6 is 27.5 Å². The van der Waals surface area contributed by atoms with Crippen molar-refractivity contribution in [3.63, 3.8) is 0 Å². The second-order valence-corrected chi connectivity index (χ2v) is 5.86. The molecule has 0 aliphatic carbocycles. The van der Waals surface area contributed by atoms with Gasteiger partial charge in [-0.2, -0.15) is 0 Å². The molecule has 0 aliphatic rings. The van der Waals surface area contributed by atoms with Crippen molar-refractivity contribution in [1.82, 2.24) is 0 Å². The van der Waals surface area contributed by atoms with E-state index in [0.29, 0.717) is 15.4 Å². The van der Waals surface area contributed by atoms with Crippen LogP contribution in [0, 0.1) is 13.8 Å². The fourth-order valence-electron chi connectivity index (χ4n) is 1.88. The topological polar surface area (TPSA) is 68.5 Å². The highest BCUT2D eigenvalue weighted by Crippen LogP contribution is 2.27. The van der Waals surface area contributed by atoms with Gasteiger partial charge in [0.25, 0.3) is 5.91 Å². The molecule has 0 spiro atoms. The second-order valence-electron chi connectivity index (χ2n) is 4.67. The predicted molar refractivity (Wildman–Crippen MR) is 86.2 cm³/mol. The minimum Gasteiger partial charge on any atom is -0.450 e. The predicted octanol–water partition coefficient (Wildman–Crippen LogP) is 4.11. The van der Waals surface area contributed by atoms with E-state index >= 15 is 0 Å². The third kappa shape index (κ3) is 4.11. The quantitative estimate of drug-likeness (QED) is 0.803. The first-order valence-corrected chi connectivity index (χ1v) is 7.53. The van der Waals surface area contributed by atoms with Gasteiger partial charge in [0.1, 0.15) is 0 Å². The number of halogens is 2. The van der Waals surface area contributed by atoms with Gasteiger partial charge in [-0.15, -0.1) is 0 Å². The lowest BCUT2D eigenvalue weighted by Gasteiger charge is -2.11. The highest BCUT2D eigenvalue weighted by atomic mass is 79.9. The van der Waals surface area contributed by atoms with Gasteiger partial charge >= 0.3 is 5.97 Å². The zero-order chi connectivity index (χ0) is 16.3. The van der Waals surface area contributed by atoms with E-state index in [1.165, 1.54) is 6.07 Å². The van der Waals surface area contributed by atoms with E-state index < -0.39 is 18.5 Å². The lowest BCUT2D eigenvalue weighted by atomic mass is 10.1. The molecule has 1 aromatic carbocycles. The van der Waals surface area contributed by atoms with E-state index in [1.54, 1.807) is 12.1 Å². The van der Waals surface area contributed by atoms with E-state index in [2.05, 4.69) is 21.2 Å². The smallest absolute Gasteiger partial charge is 0.374 e. The van der Waals surface area contributed by atoms with Crippen LogP contribution in [0.3, 0.4) is 0 Å². The number of ether oxygens (including phenoxy) is 1.